The molecule has 0 N–H and O–H groups in total. The van der Waals surface area contributed by atoms with E-state index in [1.165, 1.54) is 122 Å². The molecule has 11 heteroatoms. The summed E-state index contributed by atoms with van der Waals surface area (Å²) in [5, 5.41) is 0. The topological polar surface area (TPSA) is 127 Å². The average Bonchev–Trinajstić information content (AvgIpc) is 3.34. The predicted molar refractivity (Wildman–Crippen MR) is 277 cm³/mol. The Hall–Kier alpha value is -3.08. The second-order valence-electron chi connectivity index (χ2n) is 19.3. The Balaban J connectivity index is 2.38. The molecule has 1 rings (SSSR count). The number of allylic oxidation sites excluding steroid dienone is 4. The molecule has 0 amide bonds. The second kappa shape index (κ2) is 48.9. The lowest BCUT2D eigenvalue weighted by Gasteiger charge is -2.26. The maximum absolute atomic E-state index is 12.8. The molecule has 68 heavy (non-hydrogen) atoms. The number of nitrogens with zero attached hydrogens (tertiary/aromatic N) is 1. The van der Waals surface area contributed by atoms with Gasteiger partial charge in [-0.2, -0.15) is 0 Å². The summed E-state index contributed by atoms with van der Waals surface area (Å²) in [6.07, 6.45) is 45.8. The normalized spacial score (nSPS) is 13.6. The van der Waals surface area contributed by atoms with E-state index in [4.69, 9.17) is 28.4 Å². The monoisotopic (exact) mass is 962 g/mol. The first kappa shape index (κ1) is 62.9. The third-order valence-corrected chi connectivity index (χ3v) is 12.8. The molecule has 1 saturated heterocycles. The summed E-state index contributed by atoms with van der Waals surface area (Å²) in [6.45, 7) is 9.93. The van der Waals surface area contributed by atoms with E-state index in [1.807, 2.05) is 0 Å². The number of hydrogen-bond donors (Lipinski definition) is 0. The van der Waals surface area contributed by atoms with Gasteiger partial charge in [-0.25, -0.2) is 9.59 Å². The lowest BCUT2D eigenvalue weighted by atomic mass is 10.0. The summed E-state index contributed by atoms with van der Waals surface area (Å²) in [6, 6.07) is 0. The molecule has 1 heterocycles. The Bertz CT molecular complexity index is 1220. The molecule has 0 saturated carbocycles. The van der Waals surface area contributed by atoms with Gasteiger partial charge in [0, 0.05) is 19.4 Å². The SMILES string of the molecule is CCCCC/C=C\C/C=C\CCCCCCCCOC(=O)OCC(COC(=O)CCCCCCC(=O)OC(CCCCCCCC)CCCCCCCC)COC(=O)OCCCN1CCCCC1. The lowest BCUT2D eigenvalue weighted by Crippen LogP contribution is -2.31. The fourth-order valence-electron chi connectivity index (χ4n) is 8.46. The molecule has 11 nitrogen and oxygen atoms in total. The van der Waals surface area contributed by atoms with Gasteiger partial charge in [-0.15, -0.1) is 0 Å². The molecular weight excluding hydrogens is 859 g/mol. The van der Waals surface area contributed by atoms with Gasteiger partial charge in [-0.3, -0.25) is 9.59 Å². The molecule has 1 unspecified atom stereocenters. The maximum atomic E-state index is 12.8. The van der Waals surface area contributed by atoms with E-state index in [-0.39, 0.29) is 57.5 Å². The Morgan fingerprint density at radius 2 is 0.882 bits per heavy atom. The van der Waals surface area contributed by atoms with Crippen LogP contribution in [0.4, 0.5) is 9.59 Å². The molecule has 0 bridgehead atoms. The quantitative estimate of drug-likeness (QED) is 0.0250. The van der Waals surface area contributed by atoms with Crippen molar-refractivity contribution in [3.8, 4) is 0 Å². The van der Waals surface area contributed by atoms with Crippen LogP contribution in [0.15, 0.2) is 24.3 Å². The third kappa shape index (κ3) is 43.0. The summed E-state index contributed by atoms with van der Waals surface area (Å²) in [4.78, 5) is 52.8. The largest absolute Gasteiger partial charge is 0.508 e. The van der Waals surface area contributed by atoms with Crippen LogP contribution < -0.4 is 0 Å². The first-order chi connectivity index (χ1) is 33.4. The standard InChI is InChI=1S/C57H103NO10/c1-4-7-10-13-16-17-18-19-20-21-22-23-24-25-30-38-47-63-56(61)66-50-52(51-67-57(62)64-48-39-46-58-44-36-31-37-45-58)49-65-54(59)42-34-28-29-35-43-55(60)68-53(40-32-26-14-11-8-5-2)41-33-27-15-12-9-6-3/h16-17,19-20,52-53H,4-15,18,21-51H2,1-3H3/b17-16-,20-19-. The number of carbonyl (C=O) groups excluding carboxylic acids is 4. The zero-order valence-corrected chi connectivity index (χ0v) is 44.1. The van der Waals surface area contributed by atoms with Gasteiger partial charge in [0.2, 0.25) is 0 Å². The minimum atomic E-state index is -0.796. The van der Waals surface area contributed by atoms with E-state index in [0.29, 0.717) is 12.8 Å². The van der Waals surface area contributed by atoms with Gasteiger partial charge in [0.1, 0.15) is 25.9 Å². The van der Waals surface area contributed by atoms with Gasteiger partial charge < -0.3 is 33.3 Å². The van der Waals surface area contributed by atoms with Gasteiger partial charge in [-0.05, 0) is 109 Å². The van der Waals surface area contributed by atoms with Gasteiger partial charge in [0.25, 0.3) is 0 Å². The predicted octanol–water partition coefficient (Wildman–Crippen LogP) is 15.9. The Morgan fingerprint density at radius 1 is 0.441 bits per heavy atom. The van der Waals surface area contributed by atoms with Crippen LogP contribution in [0, 0.1) is 5.92 Å². The Kier molecular flexibility index (Phi) is 45.3. The van der Waals surface area contributed by atoms with Crippen molar-refractivity contribution in [3.05, 3.63) is 24.3 Å². The summed E-state index contributed by atoms with van der Waals surface area (Å²) >= 11 is 0. The van der Waals surface area contributed by atoms with Crippen molar-refractivity contribution in [1.29, 1.82) is 0 Å². The molecule has 396 valence electrons. The van der Waals surface area contributed by atoms with Crippen LogP contribution >= 0.6 is 0 Å². The molecule has 1 atom stereocenters. The first-order valence-corrected chi connectivity index (χ1v) is 28.3. The van der Waals surface area contributed by atoms with Crippen LogP contribution in [-0.4, -0.2) is 87.9 Å². The molecular formula is C57H103NO10. The van der Waals surface area contributed by atoms with E-state index in [0.717, 1.165) is 110 Å². The van der Waals surface area contributed by atoms with Crippen LogP contribution in [0.5, 0.6) is 0 Å². The molecule has 0 spiro atoms. The van der Waals surface area contributed by atoms with Gasteiger partial charge in [-0.1, -0.05) is 167 Å². The van der Waals surface area contributed by atoms with E-state index >= 15 is 0 Å². The highest BCUT2D eigenvalue weighted by Gasteiger charge is 2.20. The fourth-order valence-corrected chi connectivity index (χ4v) is 8.46. The summed E-state index contributed by atoms with van der Waals surface area (Å²) in [5.41, 5.74) is 0. The molecule has 1 fully saturated rings. The van der Waals surface area contributed by atoms with Crippen molar-refractivity contribution in [2.45, 2.75) is 258 Å². The molecule has 1 aliphatic rings. The number of ether oxygens (including phenoxy) is 6. The third-order valence-electron chi connectivity index (χ3n) is 12.8. The number of unbranched alkanes of at least 4 members (excludes halogenated alkanes) is 22. The number of carbonyl (C=O) groups is 4. The van der Waals surface area contributed by atoms with Gasteiger partial charge in [0.05, 0.1) is 19.1 Å². The van der Waals surface area contributed by atoms with Gasteiger partial charge >= 0.3 is 24.2 Å². The first-order valence-electron chi connectivity index (χ1n) is 28.3. The molecule has 0 aromatic carbocycles. The van der Waals surface area contributed by atoms with E-state index in [9.17, 15) is 19.2 Å². The van der Waals surface area contributed by atoms with Crippen molar-refractivity contribution in [3.63, 3.8) is 0 Å². The lowest BCUT2D eigenvalue weighted by molar-refractivity contribution is -0.150. The maximum Gasteiger partial charge on any atom is 0.508 e. The highest BCUT2D eigenvalue weighted by molar-refractivity contribution is 5.69. The number of rotatable bonds is 47. The smallest absolute Gasteiger partial charge is 0.465 e. The van der Waals surface area contributed by atoms with Crippen molar-refractivity contribution < 1.29 is 47.6 Å². The number of likely N-dealkylation sites (tertiary alicyclic amines) is 1. The molecule has 1 aliphatic heterocycles. The number of piperidine rings is 1. The summed E-state index contributed by atoms with van der Waals surface area (Å²) in [5.74, 6) is -1.06. The summed E-state index contributed by atoms with van der Waals surface area (Å²) < 4.78 is 32.9. The Labute approximate surface area is 416 Å². The van der Waals surface area contributed by atoms with Crippen LogP contribution in [0.2, 0.25) is 0 Å². The highest BCUT2D eigenvalue weighted by atomic mass is 16.7. The summed E-state index contributed by atoms with van der Waals surface area (Å²) in [7, 11) is 0. The van der Waals surface area contributed by atoms with Crippen LogP contribution in [0.3, 0.4) is 0 Å². The van der Waals surface area contributed by atoms with Crippen LogP contribution in [0.1, 0.15) is 252 Å². The van der Waals surface area contributed by atoms with Gasteiger partial charge in [0.15, 0.2) is 0 Å². The Morgan fingerprint density at radius 3 is 1.46 bits per heavy atom. The zero-order chi connectivity index (χ0) is 49.2. The second-order valence-corrected chi connectivity index (χ2v) is 19.3. The van der Waals surface area contributed by atoms with Crippen molar-refractivity contribution in [1.82, 2.24) is 4.90 Å². The number of esters is 2. The van der Waals surface area contributed by atoms with Crippen molar-refractivity contribution in [2.75, 3.05) is 52.7 Å². The molecule has 0 aromatic rings. The van der Waals surface area contributed by atoms with E-state index < -0.39 is 18.2 Å². The van der Waals surface area contributed by atoms with Crippen LogP contribution in [-0.2, 0) is 38.0 Å². The van der Waals surface area contributed by atoms with E-state index in [1.54, 1.807) is 0 Å². The minimum Gasteiger partial charge on any atom is -0.465 e. The fraction of sp³-hybridized carbons (Fsp3) is 0.860. The molecule has 0 aromatic heterocycles. The minimum absolute atomic E-state index is 0.0191. The van der Waals surface area contributed by atoms with E-state index in [2.05, 4.69) is 50.0 Å². The van der Waals surface area contributed by atoms with Crippen LogP contribution in [0.25, 0.3) is 0 Å². The average molecular weight is 962 g/mol. The van der Waals surface area contributed by atoms with Crippen molar-refractivity contribution in [2.24, 2.45) is 5.92 Å². The highest BCUT2D eigenvalue weighted by Crippen LogP contribution is 2.19. The number of hydrogen-bond acceptors (Lipinski definition) is 11. The molecule has 0 radical (unpaired) electrons. The van der Waals surface area contributed by atoms with Crippen molar-refractivity contribution >= 4 is 24.2 Å². The molecule has 0 aliphatic carbocycles. The zero-order valence-electron chi connectivity index (χ0n) is 44.1.